The number of carbonyl (C=O) groups excluding carboxylic acids is 2. The molecule has 124 valence electrons. The second-order valence-electron chi connectivity index (χ2n) is 7.41. The van der Waals surface area contributed by atoms with Gasteiger partial charge in [0.1, 0.15) is 11.6 Å². The van der Waals surface area contributed by atoms with Crippen LogP contribution in [0, 0.1) is 0 Å². The topological polar surface area (TPSA) is 49.9 Å². The second-order valence-corrected chi connectivity index (χ2v) is 7.41. The average molecular weight is 316 g/mol. The highest BCUT2D eigenvalue weighted by Crippen LogP contribution is 2.30. The van der Waals surface area contributed by atoms with Crippen LogP contribution in [-0.4, -0.2) is 52.5 Å². The van der Waals surface area contributed by atoms with Crippen molar-refractivity contribution in [3.05, 3.63) is 35.9 Å². The number of nitrogens with zero attached hydrogens (tertiary/aromatic N) is 2. The van der Waals surface area contributed by atoms with E-state index in [-0.39, 0.29) is 24.0 Å². The van der Waals surface area contributed by atoms with Gasteiger partial charge >= 0.3 is 6.09 Å². The molecule has 2 atom stereocenters. The Morgan fingerprint density at radius 2 is 1.91 bits per heavy atom. The number of ketones is 1. The largest absolute Gasteiger partial charge is 0.444 e. The number of rotatable bonds is 2. The van der Waals surface area contributed by atoms with Crippen molar-refractivity contribution in [3.8, 4) is 0 Å². The van der Waals surface area contributed by atoms with Crippen LogP contribution < -0.4 is 0 Å². The molecule has 0 spiro atoms. The normalized spacial score (nSPS) is 24.8. The van der Waals surface area contributed by atoms with Crippen LogP contribution in [0.25, 0.3) is 0 Å². The summed E-state index contributed by atoms with van der Waals surface area (Å²) in [6.07, 6.45) is 0.0765. The van der Waals surface area contributed by atoms with Crippen molar-refractivity contribution in [2.45, 2.75) is 51.4 Å². The molecule has 1 aromatic carbocycles. The molecular formula is C18H24N2O3. The summed E-state index contributed by atoms with van der Waals surface area (Å²) < 4.78 is 5.48. The van der Waals surface area contributed by atoms with E-state index in [9.17, 15) is 9.59 Å². The molecule has 2 bridgehead atoms. The first-order chi connectivity index (χ1) is 10.8. The molecule has 2 fully saturated rings. The number of fused-ring (bicyclic) bond motifs is 2. The number of Topliss-reactive ketones (excluding diaryl/α,β-unsaturated/α-hetero) is 1. The van der Waals surface area contributed by atoms with Gasteiger partial charge in [-0.15, -0.1) is 0 Å². The van der Waals surface area contributed by atoms with Crippen molar-refractivity contribution in [2.75, 3.05) is 13.1 Å². The van der Waals surface area contributed by atoms with E-state index in [0.717, 1.165) is 13.1 Å². The number of hydrogen-bond acceptors (Lipinski definition) is 4. The minimum absolute atomic E-state index is 0.0696. The number of likely N-dealkylation sites (tertiary alicyclic amines) is 1. The SMILES string of the molecule is CC(C)(C)OC(=O)N1[C@@H]2CC(=O)[C@H]1CN(Cc1ccccc1)C2. The highest BCUT2D eigenvalue weighted by molar-refractivity contribution is 5.92. The molecular weight excluding hydrogens is 292 g/mol. The van der Waals surface area contributed by atoms with Gasteiger partial charge in [0, 0.05) is 26.1 Å². The fraction of sp³-hybridized carbons (Fsp3) is 0.556. The van der Waals surface area contributed by atoms with Crippen molar-refractivity contribution in [1.82, 2.24) is 9.80 Å². The Bertz CT molecular complexity index is 594. The van der Waals surface area contributed by atoms with Gasteiger partial charge in [-0.25, -0.2) is 4.79 Å². The van der Waals surface area contributed by atoms with E-state index in [1.165, 1.54) is 5.56 Å². The number of piperazine rings is 1. The Balaban J connectivity index is 1.69. The molecule has 5 nitrogen and oxygen atoms in total. The Hall–Kier alpha value is -1.88. The van der Waals surface area contributed by atoms with Crippen LogP contribution in [0.3, 0.4) is 0 Å². The van der Waals surface area contributed by atoms with Crippen LogP contribution in [-0.2, 0) is 16.1 Å². The van der Waals surface area contributed by atoms with E-state index in [2.05, 4.69) is 17.0 Å². The molecule has 2 aliphatic heterocycles. The number of ether oxygens (including phenoxy) is 1. The molecule has 3 rings (SSSR count). The molecule has 1 amide bonds. The molecule has 0 aromatic heterocycles. The fourth-order valence-electron chi connectivity index (χ4n) is 3.40. The van der Waals surface area contributed by atoms with Crippen LogP contribution in [0.2, 0.25) is 0 Å². The van der Waals surface area contributed by atoms with Gasteiger partial charge in [0.2, 0.25) is 0 Å². The van der Waals surface area contributed by atoms with Crippen molar-refractivity contribution in [1.29, 1.82) is 0 Å². The third kappa shape index (κ3) is 3.55. The van der Waals surface area contributed by atoms with E-state index >= 15 is 0 Å². The van der Waals surface area contributed by atoms with Gasteiger partial charge in [-0.1, -0.05) is 30.3 Å². The van der Waals surface area contributed by atoms with E-state index in [0.29, 0.717) is 13.0 Å². The smallest absolute Gasteiger partial charge is 0.411 e. The first-order valence-corrected chi connectivity index (χ1v) is 8.14. The monoisotopic (exact) mass is 316 g/mol. The molecule has 2 aliphatic rings. The van der Waals surface area contributed by atoms with Crippen LogP contribution in [0.5, 0.6) is 0 Å². The third-order valence-electron chi connectivity index (χ3n) is 4.29. The zero-order valence-corrected chi connectivity index (χ0v) is 14.0. The molecule has 0 saturated carbocycles. The first kappa shape index (κ1) is 16.0. The van der Waals surface area contributed by atoms with E-state index in [1.54, 1.807) is 4.90 Å². The van der Waals surface area contributed by atoms with E-state index < -0.39 is 5.60 Å². The number of benzene rings is 1. The lowest BCUT2D eigenvalue weighted by Crippen LogP contribution is -2.57. The van der Waals surface area contributed by atoms with Gasteiger partial charge in [0.25, 0.3) is 0 Å². The predicted molar refractivity (Wildman–Crippen MR) is 87.0 cm³/mol. The molecule has 0 unspecified atom stereocenters. The van der Waals surface area contributed by atoms with Gasteiger partial charge in [-0.2, -0.15) is 0 Å². The summed E-state index contributed by atoms with van der Waals surface area (Å²) in [5, 5.41) is 0. The van der Waals surface area contributed by atoms with Crippen molar-refractivity contribution < 1.29 is 14.3 Å². The maximum atomic E-state index is 12.4. The molecule has 2 saturated heterocycles. The van der Waals surface area contributed by atoms with Crippen molar-refractivity contribution >= 4 is 11.9 Å². The molecule has 0 N–H and O–H groups in total. The van der Waals surface area contributed by atoms with Crippen molar-refractivity contribution in [2.24, 2.45) is 0 Å². The Kier molecular flexibility index (Phi) is 4.15. The lowest BCUT2D eigenvalue weighted by atomic mass is 10.1. The zero-order valence-electron chi connectivity index (χ0n) is 14.0. The van der Waals surface area contributed by atoms with Crippen LogP contribution >= 0.6 is 0 Å². The molecule has 23 heavy (non-hydrogen) atoms. The van der Waals surface area contributed by atoms with Gasteiger partial charge in [-0.3, -0.25) is 14.6 Å². The summed E-state index contributed by atoms with van der Waals surface area (Å²) in [5.41, 5.74) is 0.686. The number of carbonyl (C=O) groups is 2. The average Bonchev–Trinajstić information content (AvgIpc) is 2.65. The maximum absolute atomic E-state index is 12.4. The minimum Gasteiger partial charge on any atom is -0.444 e. The quantitative estimate of drug-likeness (QED) is 0.841. The fourth-order valence-corrected chi connectivity index (χ4v) is 3.40. The van der Waals surface area contributed by atoms with E-state index in [1.807, 2.05) is 39.0 Å². The maximum Gasteiger partial charge on any atom is 0.411 e. The first-order valence-electron chi connectivity index (χ1n) is 8.14. The summed E-state index contributed by atoms with van der Waals surface area (Å²) in [7, 11) is 0. The summed E-state index contributed by atoms with van der Waals surface area (Å²) in [4.78, 5) is 28.6. The second kappa shape index (κ2) is 5.96. The van der Waals surface area contributed by atoms with Crippen LogP contribution in [0.15, 0.2) is 30.3 Å². The van der Waals surface area contributed by atoms with Crippen LogP contribution in [0.1, 0.15) is 32.8 Å². The Morgan fingerprint density at radius 1 is 1.22 bits per heavy atom. The zero-order chi connectivity index (χ0) is 16.6. The lowest BCUT2D eigenvalue weighted by molar-refractivity contribution is -0.120. The number of hydrogen-bond donors (Lipinski definition) is 0. The summed E-state index contributed by atoms with van der Waals surface area (Å²) in [6, 6.07) is 9.77. The Labute approximate surface area is 137 Å². The minimum atomic E-state index is -0.541. The third-order valence-corrected chi connectivity index (χ3v) is 4.29. The van der Waals surface area contributed by atoms with Gasteiger partial charge in [0.15, 0.2) is 5.78 Å². The summed E-state index contributed by atoms with van der Waals surface area (Å²) in [6.45, 7) is 7.66. The Morgan fingerprint density at radius 3 is 2.52 bits per heavy atom. The standard InChI is InChI=1S/C18H24N2O3/c1-18(2,3)23-17(22)20-14-9-16(21)15(20)12-19(11-14)10-13-7-5-4-6-8-13/h4-8,14-15H,9-12H2,1-3H3/t14-,15-/m1/s1. The molecule has 5 heteroatoms. The van der Waals surface area contributed by atoms with Gasteiger partial charge in [-0.05, 0) is 26.3 Å². The predicted octanol–water partition coefficient (Wildman–Crippen LogP) is 2.45. The van der Waals surface area contributed by atoms with Gasteiger partial charge < -0.3 is 4.74 Å². The van der Waals surface area contributed by atoms with Gasteiger partial charge in [0.05, 0.1) is 6.04 Å². The highest BCUT2D eigenvalue weighted by atomic mass is 16.6. The number of amides is 1. The molecule has 1 aromatic rings. The molecule has 0 aliphatic carbocycles. The van der Waals surface area contributed by atoms with E-state index in [4.69, 9.17) is 4.74 Å². The summed E-state index contributed by atoms with van der Waals surface area (Å²) in [5.74, 6) is 0.149. The summed E-state index contributed by atoms with van der Waals surface area (Å²) >= 11 is 0. The molecule has 0 radical (unpaired) electrons. The lowest BCUT2D eigenvalue weighted by Gasteiger charge is -2.40. The highest BCUT2D eigenvalue weighted by Gasteiger charge is 2.49. The van der Waals surface area contributed by atoms with Crippen LogP contribution in [0.4, 0.5) is 4.79 Å². The van der Waals surface area contributed by atoms with Crippen molar-refractivity contribution in [3.63, 3.8) is 0 Å². The molecule has 2 heterocycles.